The minimum Gasteiger partial charge on any atom is -0.455 e. The maximum Gasteiger partial charge on any atom is 0.469 e. The van der Waals surface area contributed by atoms with Gasteiger partial charge in [0.25, 0.3) is 0 Å². The fraction of sp³-hybridized carbons (Fsp3) is 0.625. The Balaban J connectivity index is 1.86. The first-order valence-corrected chi connectivity index (χ1v) is 10.9. The summed E-state index contributed by atoms with van der Waals surface area (Å²) in [5.41, 5.74) is 12.1. The van der Waals surface area contributed by atoms with E-state index >= 15 is 0 Å². The van der Waals surface area contributed by atoms with Crippen molar-refractivity contribution in [1.82, 2.24) is 19.5 Å². The number of esters is 1. The first-order valence-electron chi connectivity index (χ1n) is 9.40. The Bertz CT molecular complexity index is 980. The van der Waals surface area contributed by atoms with Crippen molar-refractivity contribution in [3.8, 4) is 0 Å². The average Bonchev–Trinajstić information content (AvgIpc) is 3.22. The molecule has 5 atom stereocenters. The molecule has 2 aromatic rings. The van der Waals surface area contributed by atoms with Gasteiger partial charge in [-0.3, -0.25) is 13.9 Å². The van der Waals surface area contributed by atoms with Crippen LogP contribution in [0.3, 0.4) is 0 Å². The van der Waals surface area contributed by atoms with Crippen LogP contribution in [0.15, 0.2) is 12.7 Å². The number of aliphatic hydroxyl groups excluding tert-OH is 1. The highest BCUT2D eigenvalue weighted by Crippen LogP contribution is 2.39. The van der Waals surface area contributed by atoms with Crippen LogP contribution in [0.4, 0.5) is 5.82 Å². The Kier molecular flexibility index (Phi) is 6.91. The zero-order chi connectivity index (χ0) is 22.9. The van der Waals surface area contributed by atoms with E-state index in [1.54, 1.807) is 0 Å². The molecule has 1 aliphatic heterocycles. The molecule has 0 unspecified atom stereocenters. The Morgan fingerprint density at radius 1 is 1.35 bits per heavy atom. The molecule has 0 amide bonds. The lowest BCUT2D eigenvalue weighted by molar-refractivity contribution is -0.158. The van der Waals surface area contributed by atoms with E-state index in [1.807, 2.05) is 13.8 Å². The number of aromatic nitrogens is 4. The lowest BCUT2D eigenvalue weighted by Crippen LogP contribution is -2.43. The van der Waals surface area contributed by atoms with Crippen molar-refractivity contribution in [3.63, 3.8) is 0 Å². The number of nitrogens with two attached hydrogens (primary N) is 2. The van der Waals surface area contributed by atoms with E-state index in [0.29, 0.717) is 6.42 Å². The number of fused-ring (bicyclic) bond motifs is 1. The second-order valence-electron chi connectivity index (χ2n) is 7.56. The summed E-state index contributed by atoms with van der Waals surface area (Å²) in [4.78, 5) is 42.4. The number of rotatable bonds is 8. The van der Waals surface area contributed by atoms with E-state index in [1.165, 1.54) is 17.2 Å². The summed E-state index contributed by atoms with van der Waals surface area (Å²) in [7, 11) is -4.85. The molecule has 1 aliphatic rings. The van der Waals surface area contributed by atoms with Crippen molar-refractivity contribution in [3.05, 3.63) is 12.7 Å². The second-order valence-corrected chi connectivity index (χ2v) is 8.80. The molecule has 1 saturated heterocycles. The minimum atomic E-state index is -4.85. The van der Waals surface area contributed by atoms with Crippen LogP contribution in [0.25, 0.3) is 11.2 Å². The van der Waals surface area contributed by atoms with Crippen LogP contribution in [-0.4, -0.2) is 71.3 Å². The molecule has 15 heteroatoms. The lowest BCUT2D eigenvalue weighted by Gasteiger charge is -2.23. The van der Waals surface area contributed by atoms with E-state index in [9.17, 15) is 14.5 Å². The molecule has 0 radical (unpaired) electrons. The number of carbonyl (C=O) groups is 1. The number of carbonyl (C=O) groups excluding carboxylic acids is 1. The molecule has 0 aromatic carbocycles. The van der Waals surface area contributed by atoms with Gasteiger partial charge in [-0.05, 0) is 12.3 Å². The zero-order valence-corrected chi connectivity index (χ0v) is 17.7. The van der Waals surface area contributed by atoms with Gasteiger partial charge in [-0.1, -0.05) is 13.8 Å². The van der Waals surface area contributed by atoms with E-state index < -0.39 is 51.0 Å². The third kappa shape index (κ3) is 5.36. The lowest BCUT2D eigenvalue weighted by atomic mass is 10.0. The van der Waals surface area contributed by atoms with Crippen molar-refractivity contribution >= 4 is 30.8 Å². The predicted molar refractivity (Wildman–Crippen MR) is 105 cm³/mol. The van der Waals surface area contributed by atoms with Gasteiger partial charge in [0.2, 0.25) is 0 Å². The molecule has 14 nitrogen and oxygen atoms in total. The molecular formula is C16H25N6O8P. The normalized spacial score (nSPS) is 25.3. The van der Waals surface area contributed by atoms with Gasteiger partial charge in [-0.15, -0.1) is 0 Å². The molecule has 3 rings (SSSR count). The number of hydrogen-bond donors (Lipinski definition) is 5. The monoisotopic (exact) mass is 460 g/mol. The van der Waals surface area contributed by atoms with E-state index in [4.69, 9.17) is 30.7 Å². The maximum atomic E-state index is 12.4. The van der Waals surface area contributed by atoms with Crippen molar-refractivity contribution in [1.29, 1.82) is 0 Å². The number of anilines is 1. The topological polar surface area (TPSA) is 218 Å². The van der Waals surface area contributed by atoms with Gasteiger partial charge in [0.1, 0.15) is 30.1 Å². The summed E-state index contributed by atoms with van der Waals surface area (Å²) in [6.07, 6.45) is -2.29. The van der Waals surface area contributed by atoms with E-state index in [2.05, 4.69) is 19.5 Å². The SMILES string of the molecule is CC(C)C[C@H](N)C(=O)O[C@H]1[C@@H](O)[C@H](n2cnc3c(N)ncnc32)O[C@@H]1COP(=O)(O)O. The largest absolute Gasteiger partial charge is 0.469 e. The first kappa shape index (κ1) is 23.5. The Morgan fingerprint density at radius 3 is 2.71 bits per heavy atom. The number of phosphoric ester groups is 1. The number of aliphatic hydroxyl groups is 1. The summed E-state index contributed by atoms with van der Waals surface area (Å²) in [6.45, 7) is 3.11. The van der Waals surface area contributed by atoms with Gasteiger partial charge in [0.15, 0.2) is 23.8 Å². The minimum absolute atomic E-state index is 0.111. The number of imidazole rings is 1. The first-order chi connectivity index (χ1) is 14.5. The van der Waals surface area contributed by atoms with Crippen molar-refractivity contribution < 1.29 is 38.3 Å². The van der Waals surface area contributed by atoms with Gasteiger partial charge in [0.05, 0.1) is 12.9 Å². The average molecular weight is 460 g/mol. The fourth-order valence-electron chi connectivity index (χ4n) is 3.28. The molecule has 7 N–H and O–H groups in total. The number of phosphoric acid groups is 1. The molecule has 31 heavy (non-hydrogen) atoms. The Morgan fingerprint density at radius 2 is 2.06 bits per heavy atom. The second kappa shape index (κ2) is 9.12. The van der Waals surface area contributed by atoms with Gasteiger partial charge < -0.3 is 35.8 Å². The quantitative estimate of drug-likeness (QED) is 0.237. The molecule has 3 heterocycles. The molecule has 0 spiro atoms. The molecule has 172 valence electrons. The fourth-order valence-corrected chi connectivity index (χ4v) is 3.62. The van der Waals surface area contributed by atoms with Crippen molar-refractivity contribution in [2.45, 2.75) is 50.8 Å². The van der Waals surface area contributed by atoms with Crippen molar-refractivity contribution in [2.75, 3.05) is 12.3 Å². The van der Waals surface area contributed by atoms with Gasteiger partial charge in [0, 0.05) is 0 Å². The van der Waals surface area contributed by atoms with Crippen LogP contribution >= 0.6 is 7.82 Å². The van der Waals surface area contributed by atoms with Crippen LogP contribution in [-0.2, 0) is 23.4 Å². The van der Waals surface area contributed by atoms with Gasteiger partial charge in [-0.2, -0.15) is 0 Å². The molecule has 2 aromatic heterocycles. The summed E-state index contributed by atoms with van der Waals surface area (Å²) in [5.74, 6) is -0.554. The third-order valence-electron chi connectivity index (χ3n) is 4.66. The molecule has 0 saturated carbocycles. The highest BCUT2D eigenvalue weighted by Gasteiger charge is 2.48. The van der Waals surface area contributed by atoms with Crippen molar-refractivity contribution in [2.24, 2.45) is 11.7 Å². The standard InChI is InChI=1S/C16H25N6O8P/c1-7(2)3-8(17)16(24)30-12-9(4-28-31(25,26)27)29-15(11(12)23)22-6-21-10-13(18)19-5-20-14(10)22/h5-9,11-12,15,23H,3-4,17H2,1-2H3,(H2,18,19,20)(H2,25,26,27)/t8-,9+,11+,12+,15+/m0/s1. The molecule has 0 bridgehead atoms. The van der Waals surface area contributed by atoms with Gasteiger partial charge >= 0.3 is 13.8 Å². The number of hydrogen-bond acceptors (Lipinski definition) is 11. The van der Waals surface area contributed by atoms with E-state index in [-0.39, 0.29) is 22.9 Å². The summed E-state index contributed by atoms with van der Waals surface area (Å²) in [6, 6.07) is -0.948. The van der Waals surface area contributed by atoms with Crippen LogP contribution in [0.5, 0.6) is 0 Å². The summed E-state index contributed by atoms with van der Waals surface area (Å²) < 4.78 is 28.1. The number of nitrogen functional groups attached to an aromatic ring is 1. The maximum absolute atomic E-state index is 12.4. The highest BCUT2D eigenvalue weighted by molar-refractivity contribution is 7.46. The highest BCUT2D eigenvalue weighted by atomic mass is 31.2. The third-order valence-corrected chi connectivity index (χ3v) is 5.14. The summed E-state index contributed by atoms with van der Waals surface area (Å²) >= 11 is 0. The number of ether oxygens (including phenoxy) is 2. The Hall–Kier alpha value is -2.19. The smallest absolute Gasteiger partial charge is 0.455 e. The number of nitrogens with zero attached hydrogens (tertiary/aromatic N) is 4. The molecular weight excluding hydrogens is 435 g/mol. The summed E-state index contributed by atoms with van der Waals surface area (Å²) in [5, 5.41) is 10.8. The van der Waals surface area contributed by atoms with Crippen LogP contribution < -0.4 is 11.5 Å². The zero-order valence-electron chi connectivity index (χ0n) is 16.8. The predicted octanol–water partition coefficient (Wildman–Crippen LogP) is -0.939. The van der Waals surface area contributed by atoms with Gasteiger partial charge in [-0.25, -0.2) is 19.5 Å². The van der Waals surface area contributed by atoms with E-state index in [0.717, 1.165) is 0 Å². The molecule has 0 aliphatic carbocycles. The molecule has 1 fully saturated rings. The van der Waals surface area contributed by atoms with Crippen LogP contribution in [0.1, 0.15) is 26.5 Å². The Labute approximate surface area is 176 Å². The van der Waals surface area contributed by atoms with Crippen LogP contribution in [0, 0.1) is 5.92 Å². The van der Waals surface area contributed by atoms with Crippen LogP contribution in [0.2, 0.25) is 0 Å².